The molecule has 1 aliphatic rings. The number of phenols is 1. The molecule has 1 saturated heterocycles. The van der Waals surface area contributed by atoms with Crippen LogP contribution < -0.4 is 15.5 Å². The lowest BCUT2D eigenvalue weighted by Crippen LogP contribution is -3.12. The molecular formula is C23H25N3O3+2. The summed E-state index contributed by atoms with van der Waals surface area (Å²) >= 11 is 0. The molecule has 2 unspecified atom stereocenters. The van der Waals surface area contributed by atoms with E-state index < -0.39 is 5.63 Å². The summed E-state index contributed by atoms with van der Waals surface area (Å²) in [6.45, 7) is 5.08. The fourth-order valence-corrected chi connectivity index (χ4v) is 4.52. The number of fused-ring (bicyclic) bond motifs is 2. The number of phenolic OH excluding ortho intramolecular Hbond substituents is 1. The summed E-state index contributed by atoms with van der Waals surface area (Å²) in [6, 6.07) is 13.1. The lowest BCUT2D eigenvalue weighted by molar-refractivity contribution is -0.922. The molecular weight excluding hydrogens is 366 g/mol. The zero-order valence-corrected chi connectivity index (χ0v) is 16.4. The van der Waals surface area contributed by atoms with Gasteiger partial charge in [-0.1, -0.05) is 19.1 Å². The first kappa shape index (κ1) is 17.9. The predicted octanol–water partition coefficient (Wildman–Crippen LogP) is 2.28. The Morgan fingerprint density at radius 2 is 2.14 bits per heavy atom. The van der Waals surface area contributed by atoms with Crippen LogP contribution >= 0.6 is 0 Å². The maximum absolute atomic E-state index is 12.8. The van der Waals surface area contributed by atoms with Crippen molar-refractivity contribution in [1.82, 2.24) is 4.98 Å². The highest BCUT2D eigenvalue weighted by atomic mass is 16.4. The van der Waals surface area contributed by atoms with Crippen LogP contribution in [-0.4, -0.2) is 23.2 Å². The summed E-state index contributed by atoms with van der Waals surface area (Å²) in [5.41, 5.74) is 3.09. The maximum Gasteiger partial charge on any atom is 0.352 e. The third-order valence-corrected chi connectivity index (χ3v) is 5.99. The minimum atomic E-state index is -0.422. The van der Waals surface area contributed by atoms with E-state index >= 15 is 0 Å². The Hall–Kier alpha value is -3.12. The summed E-state index contributed by atoms with van der Waals surface area (Å²) in [4.78, 5) is 20.7. The number of H-pyrrole nitrogens is 2. The smallest absolute Gasteiger partial charge is 0.352 e. The number of benzene rings is 2. The minimum Gasteiger partial charge on any atom is -0.507 e. The Morgan fingerprint density at radius 3 is 2.97 bits per heavy atom. The Morgan fingerprint density at radius 1 is 1.28 bits per heavy atom. The second-order valence-corrected chi connectivity index (χ2v) is 8.23. The van der Waals surface area contributed by atoms with Gasteiger partial charge in [0.15, 0.2) is 16.6 Å². The van der Waals surface area contributed by atoms with Crippen LogP contribution in [0.1, 0.15) is 25.3 Å². The van der Waals surface area contributed by atoms with Crippen molar-refractivity contribution in [3.63, 3.8) is 0 Å². The third-order valence-electron chi connectivity index (χ3n) is 5.99. The first-order valence-electron chi connectivity index (χ1n) is 10.2. The number of hydrogen-bond donors (Lipinski definition) is 3. The molecule has 5 rings (SSSR count). The van der Waals surface area contributed by atoms with Crippen LogP contribution in [0.5, 0.6) is 5.75 Å². The number of aromatic hydroxyl groups is 1. The van der Waals surface area contributed by atoms with Gasteiger partial charge in [0.2, 0.25) is 0 Å². The largest absolute Gasteiger partial charge is 0.507 e. The molecule has 0 radical (unpaired) electrons. The highest BCUT2D eigenvalue weighted by Gasteiger charge is 2.24. The number of aromatic amines is 2. The van der Waals surface area contributed by atoms with Gasteiger partial charge < -0.3 is 14.4 Å². The number of rotatable bonds is 3. The van der Waals surface area contributed by atoms with Crippen molar-refractivity contribution in [1.29, 1.82) is 0 Å². The molecule has 2 atom stereocenters. The van der Waals surface area contributed by atoms with Crippen molar-refractivity contribution < 1.29 is 19.4 Å². The zero-order chi connectivity index (χ0) is 20.0. The molecule has 3 heterocycles. The Bertz CT molecular complexity index is 1220. The number of imidazole rings is 1. The van der Waals surface area contributed by atoms with Crippen LogP contribution in [0.3, 0.4) is 0 Å². The summed E-state index contributed by atoms with van der Waals surface area (Å²) in [5, 5.41) is 11.3. The van der Waals surface area contributed by atoms with Gasteiger partial charge in [0.1, 0.15) is 17.9 Å². The lowest BCUT2D eigenvalue weighted by atomic mass is 9.99. The molecule has 148 valence electrons. The van der Waals surface area contributed by atoms with Crippen molar-refractivity contribution in [3.8, 4) is 17.1 Å². The van der Waals surface area contributed by atoms with Crippen LogP contribution in [-0.2, 0) is 6.54 Å². The van der Waals surface area contributed by atoms with Crippen molar-refractivity contribution in [2.24, 2.45) is 5.92 Å². The number of likely N-dealkylation sites (tertiary alicyclic amines) is 1. The number of nitrogens with one attached hydrogen (secondary N) is 3. The number of quaternary nitrogens is 1. The quantitative estimate of drug-likeness (QED) is 0.469. The van der Waals surface area contributed by atoms with Gasteiger partial charge in [-0.2, -0.15) is 0 Å². The van der Waals surface area contributed by atoms with E-state index in [1.54, 1.807) is 12.1 Å². The van der Waals surface area contributed by atoms with E-state index in [9.17, 15) is 9.90 Å². The summed E-state index contributed by atoms with van der Waals surface area (Å²) < 4.78 is 5.75. The Balaban J connectivity index is 1.59. The van der Waals surface area contributed by atoms with Gasteiger partial charge in [-0.05, 0) is 43.2 Å². The third kappa shape index (κ3) is 3.29. The fourth-order valence-electron chi connectivity index (χ4n) is 4.52. The lowest BCUT2D eigenvalue weighted by Gasteiger charge is -2.28. The number of para-hydroxylation sites is 2. The van der Waals surface area contributed by atoms with Crippen LogP contribution in [0.2, 0.25) is 0 Å². The van der Waals surface area contributed by atoms with Gasteiger partial charge in [-0.15, -0.1) is 0 Å². The highest BCUT2D eigenvalue weighted by molar-refractivity contribution is 5.85. The van der Waals surface area contributed by atoms with E-state index in [0.717, 1.165) is 35.1 Å². The van der Waals surface area contributed by atoms with E-state index in [1.165, 1.54) is 17.7 Å². The zero-order valence-electron chi connectivity index (χ0n) is 16.4. The van der Waals surface area contributed by atoms with Gasteiger partial charge >= 0.3 is 5.63 Å². The molecule has 0 aliphatic carbocycles. The molecule has 1 fully saturated rings. The van der Waals surface area contributed by atoms with Crippen LogP contribution in [0.4, 0.5) is 0 Å². The van der Waals surface area contributed by atoms with E-state index in [1.807, 2.05) is 30.3 Å². The first-order valence-corrected chi connectivity index (χ1v) is 10.2. The first-order chi connectivity index (χ1) is 14.1. The molecule has 0 amide bonds. The van der Waals surface area contributed by atoms with Crippen molar-refractivity contribution in [2.45, 2.75) is 26.3 Å². The van der Waals surface area contributed by atoms with E-state index in [-0.39, 0.29) is 5.75 Å². The average Bonchev–Trinajstić information content (AvgIpc) is 3.14. The van der Waals surface area contributed by atoms with Gasteiger partial charge in [-0.3, -0.25) is 0 Å². The summed E-state index contributed by atoms with van der Waals surface area (Å²) in [6.07, 6.45) is 2.44. The van der Waals surface area contributed by atoms with Gasteiger partial charge in [0, 0.05) is 11.3 Å². The van der Waals surface area contributed by atoms with E-state index in [4.69, 9.17) is 4.42 Å². The summed E-state index contributed by atoms with van der Waals surface area (Å²) in [7, 11) is 0. The summed E-state index contributed by atoms with van der Waals surface area (Å²) in [5.74, 6) is 1.48. The fraction of sp³-hybridized carbons (Fsp3) is 0.304. The average molecular weight is 391 g/mol. The van der Waals surface area contributed by atoms with Crippen molar-refractivity contribution in [2.75, 3.05) is 13.1 Å². The molecule has 6 nitrogen and oxygen atoms in total. The Kier molecular flexibility index (Phi) is 4.36. The molecule has 0 spiro atoms. The van der Waals surface area contributed by atoms with Crippen molar-refractivity contribution >= 4 is 22.0 Å². The van der Waals surface area contributed by atoms with Crippen molar-refractivity contribution in [3.05, 3.63) is 58.4 Å². The SMILES string of the molecule is CC1CCC[NH+](Cc2c(O)ccc3cc(-c4[nH]c5ccccc5[nH+]4)c(=O)oc23)C1. The second-order valence-electron chi connectivity index (χ2n) is 8.23. The Labute approximate surface area is 167 Å². The van der Waals surface area contributed by atoms with Crippen LogP contribution in [0.15, 0.2) is 51.7 Å². The van der Waals surface area contributed by atoms with Crippen LogP contribution in [0.25, 0.3) is 33.4 Å². The van der Waals surface area contributed by atoms with E-state index in [2.05, 4.69) is 16.9 Å². The topological polar surface area (TPSA) is 84.8 Å². The monoisotopic (exact) mass is 391 g/mol. The number of piperidine rings is 1. The van der Waals surface area contributed by atoms with Crippen LogP contribution in [0, 0.1) is 5.92 Å². The standard InChI is InChI=1S/C23H23N3O3/c1-14-5-4-10-26(12-14)13-17-20(27)9-8-15-11-16(23(28)29-21(15)17)22-24-18-6-2-3-7-19(18)25-22/h2-3,6-9,11,14,27H,4-5,10,12-13H2,1H3,(H,24,25)/p+2. The molecule has 29 heavy (non-hydrogen) atoms. The predicted molar refractivity (Wildman–Crippen MR) is 111 cm³/mol. The molecule has 6 heteroatoms. The molecule has 1 aliphatic heterocycles. The molecule has 0 saturated carbocycles. The maximum atomic E-state index is 12.8. The number of aromatic nitrogens is 2. The van der Waals surface area contributed by atoms with Gasteiger partial charge in [0.25, 0.3) is 5.82 Å². The molecule has 4 N–H and O–H groups in total. The molecule has 2 aromatic carbocycles. The van der Waals surface area contributed by atoms with Gasteiger partial charge in [0.05, 0.1) is 18.7 Å². The minimum absolute atomic E-state index is 0.191. The number of hydrogen-bond acceptors (Lipinski definition) is 3. The van der Waals surface area contributed by atoms with Gasteiger partial charge in [-0.25, -0.2) is 14.8 Å². The second kappa shape index (κ2) is 7.04. The normalized spacial score (nSPS) is 19.8. The van der Waals surface area contributed by atoms with E-state index in [0.29, 0.717) is 29.4 Å². The highest BCUT2D eigenvalue weighted by Crippen LogP contribution is 2.28. The molecule has 4 aromatic rings. The molecule has 0 bridgehead atoms. The molecule has 2 aromatic heterocycles.